The summed E-state index contributed by atoms with van der Waals surface area (Å²) < 4.78 is 2.21. The summed E-state index contributed by atoms with van der Waals surface area (Å²) >= 11 is 7.20. The lowest BCUT2D eigenvalue weighted by Gasteiger charge is -2.23. The van der Waals surface area contributed by atoms with Gasteiger partial charge in [-0.15, -0.1) is 0 Å². The number of hydrogen-bond donors (Lipinski definition) is 1. The number of halogens is 2. The third kappa shape index (κ3) is 3.33. The Morgan fingerprint density at radius 3 is 2.45 bits per heavy atom. The molecule has 2 rings (SSSR count). The van der Waals surface area contributed by atoms with Crippen molar-refractivity contribution in [1.29, 1.82) is 0 Å². The number of benzene rings is 2. The van der Waals surface area contributed by atoms with Gasteiger partial charge in [0.2, 0.25) is 0 Å². The van der Waals surface area contributed by atoms with Gasteiger partial charge >= 0.3 is 0 Å². The fraction of sp³-hybridized carbons (Fsp3) is 0.294. The van der Waals surface area contributed by atoms with E-state index in [1.165, 1.54) is 22.3 Å². The Balaban J connectivity index is 2.53. The Morgan fingerprint density at radius 1 is 1.05 bits per heavy atom. The quantitative estimate of drug-likeness (QED) is 0.716. The van der Waals surface area contributed by atoms with Gasteiger partial charge in [-0.2, -0.15) is 0 Å². The summed E-state index contributed by atoms with van der Waals surface area (Å²) in [5.74, 6) is 0. The van der Waals surface area contributed by atoms with E-state index in [2.05, 4.69) is 94.3 Å². The highest BCUT2D eigenvalue weighted by Crippen LogP contribution is 2.32. The van der Waals surface area contributed by atoms with Crippen molar-refractivity contribution in [3.8, 4) is 0 Å². The van der Waals surface area contributed by atoms with Gasteiger partial charge < -0.3 is 5.32 Å². The third-order valence-electron chi connectivity index (χ3n) is 3.64. The van der Waals surface area contributed by atoms with Crippen LogP contribution in [0.4, 0.5) is 0 Å². The minimum Gasteiger partial charge on any atom is -0.306 e. The fourth-order valence-electron chi connectivity index (χ4n) is 2.41. The highest BCUT2D eigenvalue weighted by Gasteiger charge is 2.18. The number of rotatable bonds is 4. The first kappa shape index (κ1) is 15.7. The Kier molecular flexibility index (Phi) is 5.42. The van der Waals surface area contributed by atoms with E-state index in [0.717, 1.165) is 15.5 Å². The molecule has 0 heterocycles. The average Bonchev–Trinajstić information content (AvgIpc) is 2.40. The van der Waals surface area contributed by atoms with E-state index in [1.54, 1.807) is 0 Å². The van der Waals surface area contributed by atoms with Crippen LogP contribution in [0.15, 0.2) is 45.3 Å². The summed E-state index contributed by atoms with van der Waals surface area (Å²) in [6.45, 7) is 7.44. The zero-order valence-electron chi connectivity index (χ0n) is 12.0. The van der Waals surface area contributed by atoms with Gasteiger partial charge in [0.25, 0.3) is 0 Å². The van der Waals surface area contributed by atoms with Crippen molar-refractivity contribution in [2.45, 2.75) is 26.8 Å². The lowest BCUT2D eigenvalue weighted by Crippen LogP contribution is -2.23. The molecule has 1 unspecified atom stereocenters. The van der Waals surface area contributed by atoms with E-state index in [9.17, 15) is 0 Å². The minimum atomic E-state index is 0.211. The largest absolute Gasteiger partial charge is 0.306 e. The molecular formula is C17H19Br2N. The number of hydrogen-bond acceptors (Lipinski definition) is 1. The van der Waals surface area contributed by atoms with Crippen molar-refractivity contribution >= 4 is 31.9 Å². The molecule has 20 heavy (non-hydrogen) atoms. The highest BCUT2D eigenvalue weighted by molar-refractivity contribution is 9.11. The van der Waals surface area contributed by atoms with Crippen LogP contribution in [0, 0.1) is 13.8 Å². The lowest BCUT2D eigenvalue weighted by molar-refractivity contribution is 0.625. The third-order valence-corrected chi connectivity index (χ3v) is 4.82. The van der Waals surface area contributed by atoms with Gasteiger partial charge in [-0.25, -0.2) is 0 Å². The second-order valence-electron chi connectivity index (χ2n) is 4.95. The van der Waals surface area contributed by atoms with Crippen LogP contribution < -0.4 is 5.32 Å². The molecule has 0 amide bonds. The first-order valence-electron chi connectivity index (χ1n) is 6.79. The molecule has 0 saturated heterocycles. The van der Waals surface area contributed by atoms with Gasteiger partial charge in [0.15, 0.2) is 0 Å². The van der Waals surface area contributed by atoms with E-state index in [0.29, 0.717) is 0 Å². The van der Waals surface area contributed by atoms with Crippen LogP contribution >= 0.6 is 31.9 Å². The smallest absolute Gasteiger partial charge is 0.0590 e. The van der Waals surface area contributed by atoms with Gasteiger partial charge in [-0.05, 0) is 54.8 Å². The van der Waals surface area contributed by atoms with Crippen molar-refractivity contribution in [3.63, 3.8) is 0 Å². The van der Waals surface area contributed by atoms with Crippen LogP contribution in [0.1, 0.15) is 35.2 Å². The van der Waals surface area contributed by atoms with Gasteiger partial charge in [0.05, 0.1) is 6.04 Å². The van der Waals surface area contributed by atoms with Gasteiger partial charge in [0.1, 0.15) is 0 Å². The Bertz CT molecular complexity index is 608. The normalized spacial score (nSPS) is 12.4. The molecule has 0 aromatic heterocycles. The standard InChI is InChI=1S/C17H19Br2N/c1-4-20-17(14-7-5-6-11(2)12(14)3)15-9-8-13(18)10-16(15)19/h5-10,17,20H,4H2,1-3H3. The monoisotopic (exact) mass is 395 g/mol. The second-order valence-corrected chi connectivity index (χ2v) is 6.72. The topological polar surface area (TPSA) is 12.0 Å². The SMILES string of the molecule is CCNC(c1ccc(Br)cc1Br)c1cccc(C)c1C. The predicted octanol–water partition coefficient (Wildman–Crippen LogP) is 5.53. The van der Waals surface area contributed by atoms with Crippen LogP contribution in [0.25, 0.3) is 0 Å². The second kappa shape index (κ2) is 6.88. The van der Waals surface area contributed by atoms with E-state index >= 15 is 0 Å². The van der Waals surface area contributed by atoms with Gasteiger partial charge in [-0.1, -0.05) is 63.0 Å². The molecule has 0 bridgehead atoms. The van der Waals surface area contributed by atoms with Gasteiger partial charge in [-0.3, -0.25) is 0 Å². The van der Waals surface area contributed by atoms with Crippen molar-refractivity contribution in [3.05, 3.63) is 67.6 Å². The maximum Gasteiger partial charge on any atom is 0.0590 e. The van der Waals surface area contributed by atoms with E-state index in [-0.39, 0.29) is 6.04 Å². The molecule has 2 aromatic carbocycles. The molecule has 0 saturated carbocycles. The van der Waals surface area contributed by atoms with Crippen LogP contribution in [-0.4, -0.2) is 6.54 Å². The van der Waals surface area contributed by atoms with E-state index in [1.807, 2.05) is 0 Å². The van der Waals surface area contributed by atoms with Crippen molar-refractivity contribution < 1.29 is 0 Å². The molecule has 0 aliphatic rings. The average molecular weight is 397 g/mol. The van der Waals surface area contributed by atoms with Crippen LogP contribution in [0.5, 0.6) is 0 Å². The van der Waals surface area contributed by atoms with Gasteiger partial charge in [0, 0.05) is 8.95 Å². The van der Waals surface area contributed by atoms with Crippen LogP contribution in [-0.2, 0) is 0 Å². The summed E-state index contributed by atoms with van der Waals surface area (Å²) in [5.41, 5.74) is 5.30. The summed E-state index contributed by atoms with van der Waals surface area (Å²) in [7, 11) is 0. The first-order valence-corrected chi connectivity index (χ1v) is 8.37. The molecular weight excluding hydrogens is 378 g/mol. The number of nitrogens with one attached hydrogen (secondary N) is 1. The lowest BCUT2D eigenvalue weighted by atomic mass is 9.92. The maximum atomic E-state index is 3.69. The predicted molar refractivity (Wildman–Crippen MR) is 93.3 cm³/mol. The summed E-state index contributed by atoms with van der Waals surface area (Å²) in [6, 6.07) is 13.1. The Labute approximate surface area is 138 Å². The molecule has 0 aliphatic heterocycles. The summed E-state index contributed by atoms with van der Waals surface area (Å²) in [4.78, 5) is 0. The molecule has 0 aliphatic carbocycles. The van der Waals surface area contributed by atoms with E-state index < -0.39 is 0 Å². The van der Waals surface area contributed by atoms with Crippen molar-refractivity contribution in [1.82, 2.24) is 5.32 Å². The van der Waals surface area contributed by atoms with Crippen molar-refractivity contribution in [2.75, 3.05) is 6.54 Å². The Morgan fingerprint density at radius 2 is 1.80 bits per heavy atom. The molecule has 1 N–H and O–H groups in total. The molecule has 2 aromatic rings. The molecule has 0 fully saturated rings. The molecule has 3 heteroatoms. The summed E-state index contributed by atoms with van der Waals surface area (Å²) in [5, 5.41) is 3.60. The molecule has 106 valence electrons. The van der Waals surface area contributed by atoms with Crippen molar-refractivity contribution in [2.24, 2.45) is 0 Å². The molecule has 1 nitrogen and oxygen atoms in total. The van der Waals surface area contributed by atoms with E-state index in [4.69, 9.17) is 0 Å². The first-order chi connectivity index (χ1) is 9.54. The molecule has 1 atom stereocenters. The molecule has 0 spiro atoms. The van der Waals surface area contributed by atoms with Crippen LogP contribution in [0.3, 0.4) is 0 Å². The highest BCUT2D eigenvalue weighted by atomic mass is 79.9. The summed E-state index contributed by atoms with van der Waals surface area (Å²) in [6.07, 6.45) is 0. The van der Waals surface area contributed by atoms with Crippen LogP contribution in [0.2, 0.25) is 0 Å². The zero-order chi connectivity index (χ0) is 14.7. The maximum absolute atomic E-state index is 3.69. The molecule has 0 radical (unpaired) electrons. The number of aryl methyl sites for hydroxylation is 1. The Hall–Kier alpha value is -0.640. The zero-order valence-corrected chi connectivity index (χ0v) is 15.2. The fourth-order valence-corrected chi connectivity index (χ4v) is 3.69. The minimum absolute atomic E-state index is 0.211.